The van der Waals surface area contributed by atoms with Crippen LogP contribution >= 0.6 is 0 Å². The van der Waals surface area contributed by atoms with Crippen molar-refractivity contribution < 1.29 is 9.90 Å². The van der Waals surface area contributed by atoms with Gasteiger partial charge in [0.1, 0.15) is 6.04 Å². The molecule has 1 saturated heterocycles. The second-order valence-electron chi connectivity index (χ2n) is 5.46. The second-order valence-corrected chi connectivity index (χ2v) is 5.46. The monoisotopic (exact) mass is 241 g/mol. The third-order valence-electron chi connectivity index (χ3n) is 4.09. The number of likely N-dealkylation sites (tertiary alicyclic amines) is 1. The molecule has 17 heavy (non-hydrogen) atoms. The highest BCUT2D eigenvalue weighted by molar-refractivity contribution is 5.74. The minimum absolute atomic E-state index is 0.245. The Hall–Kier alpha value is -0.570. The molecule has 0 bridgehead atoms. The molecule has 0 amide bonds. The molecular weight excluding hydrogens is 214 g/mol. The van der Waals surface area contributed by atoms with Gasteiger partial charge in [0, 0.05) is 6.54 Å². The Bertz CT molecular complexity index is 242. The van der Waals surface area contributed by atoms with E-state index < -0.39 is 5.97 Å². The van der Waals surface area contributed by atoms with Crippen molar-refractivity contribution in [1.29, 1.82) is 0 Å². The summed E-state index contributed by atoms with van der Waals surface area (Å²) in [5.41, 5.74) is 0. The van der Waals surface area contributed by atoms with Crippen LogP contribution in [0.25, 0.3) is 0 Å². The van der Waals surface area contributed by atoms with Gasteiger partial charge < -0.3 is 5.11 Å². The van der Waals surface area contributed by atoms with Crippen molar-refractivity contribution >= 4 is 5.97 Å². The summed E-state index contributed by atoms with van der Waals surface area (Å²) in [5, 5.41) is 9.27. The Balaban J connectivity index is 2.50. The first-order chi connectivity index (χ1) is 8.10. The van der Waals surface area contributed by atoms with Crippen molar-refractivity contribution in [2.45, 2.75) is 58.9 Å². The standard InChI is InChI=1S/C14H27NO2/c1-4-6-7-12(5-2)10-15-9-8-11(3)13(15)14(16)17/h11-13H,4-10H2,1-3H3,(H,16,17). The zero-order valence-corrected chi connectivity index (χ0v) is 11.5. The number of carboxylic acids is 1. The fourth-order valence-corrected chi connectivity index (χ4v) is 2.88. The lowest BCUT2D eigenvalue weighted by atomic mass is 9.97. The van der Waals surface area contributed by atoms with E-state index in [9.17, 15) is 9.90 Å². The number of aliphatic carboxylic acids is 1. The molecule has 3 nitrogen and oxygen atoms in total. The van der Waals surface area contributed by atoms with Gasteiger partial charge in [-0.2, -0.15) is 0 Å². The van der Waals surface area contributed by atoms with Crippen LogP contribution in [-0.2, 0) is 4.79 Å². The van der Waals surface area contributed by atoms with E-state index in [1.807, 2.05) is 0 Å². The molecule has 0 spiro atoms. The Morgan fingerprint density at radius 3 is 2.71 bits per heavy atom. The van der Waals surface area contributed by atoms with Crippen LogP contribution in [0, 0.1) is 11.8 Å². The van der Waals surface area contributed by atoms with E-state index in [2.05, 4.69) is 25.7 Å². The van der Waals surface area contributed by atoms with E-state index >= 15 is 0 Å². The molecule has 3 heteroatoms. The average molecular weight is 241 g/mol. The molecule has 1 rings (SSSR count). The number of hydrogen-bond donors (Lipinski definition) is 1. The molecule has 1 N–H and O–H groups in total. The minimum Gasteiger partial charge on any atom is -0.480 e. The largest absolute Gasteiger partial charge is 0.480 e. The highest BCUT2D eigenvalue weighted by atomic mass is 16.4. The second kappa shape index (κ2) is 7.00. The molecule has 0 saturated carbocycles. The number of unbranched alkanes of at least 4 members (excludes halogenated alkanes) is 1. The molecule has 0 aromatic carbocycles. The summed E-state index contributed by atoms with van der Waals surface area (Å²) < 4.78 is 0. The predicted molar refractivity (Wildman–Crippen MR) is 70.1 cm³/mol. The molecule has 0 aromatic rings. The summed E-state index contributed by atoms with van der Waals surface area (Å²) >= 11 is 0. The molecule has 0 aliphatic carbocycles. The highest BCUT2D eigenvalue weighted by Gasteiger charge is 2.37. The first-order valence-electron chi connectivity index (χ1n) is 7.06. The van der Waals surface area contributed by atoms with Crippen LogP contribution in [0.15, 0.2) is 0 Å². The van der Waals surface area contributed by atoms with Crippen molar-refractivity contribution in [2.24, 2.45) is 11.8 Å². The Morgan fingerprint density at radius 1 is 1.47 bits per heavy atom. The predicted octanol–water partition coefficient (Wildman–Crippen LogP) is 3.00. The van der Waals surface area contributed by atoms with Gasteiger partial charge in [0.25, 0.3) is 0 Å². The molecule has 0 aromatic heterocycles. The summed E-state index contributed by atoms with van der Waals surface area (Å²) in [6, 6.07) is -0.245. The average Bonchev–Trinajstić information content (AvgIpc) is 2.65. The molecule has 100 valence electrons. The Morgan fingerprint density at radius 2 is 2.18 bits per heavy atom. The van der Waals surface area contributed by atoms with E-state index in [0.717, 1.165) is 25.9 Å². The zero-order chi connectivity index (χ0) is 12.8. The molecule has 1 aliphatic rings. The number of rotatable bonds is 7. The normalized spacial score (nSPS) is 27.2. The van der Waals surface area contributed by atoms with Crippen LogP contribution in [0.2, 0.25) is 0 Å². The Kier molecular flexibility index (Phi) is 5.96. The number of carbonyl (C=O) groups is 1. The van der Waals surface area contributed by atoms with Gasteiger partial charge >= 0.3 is 5.97 Å². The highest BCUT2D eigenvalue weighted by Crippen LogP contribution is 2.26. The lowest BCUT2D eigenvalue weighted by Gasteiger charge is -2.27. The third-order valence-corrected chi connectivity index (χ3v) is 4.09. The van der Waals surface area contributed by atoms with Crippen molar-refractivity contribution in [3.05, 3.63) is 0 Å². The van der Waals surface area contributed by atoms with Crippen LogP contribution in [0.4, 0.5) is 0 Å². The van der Waals surface area contributed by atoms with Gasteiger partial charge in [-0.15, -0.1) is 0 Å². The maximum atomic E-state index is 11.3. The summed E-state index contributed by atoms with van der Waals surface area (Å²) in [6.07, 6.45) is 5.93. The Labute approximate surface area is 105 Å². The van der Waals surface area contributed by atoms with Gasteiger partial charge in [-0.3, -0.25) is 9.69 Å². The van der Waals surface area contributed by atoms with E-state index in [-0.39, 0.29) is 6.04 Å². The minimum atomic E-state index is -0.639. The smallest absolute Gasteiger partial charge is 0.321 e. The molecule has 3 unspecified atom stereocenters. The SMILES string of the molecule is CCCCC(CC)CN1CCC(C)C1C(=O)O. The third kappa shape index (κ3) is 3.98. The van der Waals surface area contributed by atoms with E-state index in [4.69, 9.17) is 0 Å². The maximum absolute atomic E-state index is 11.3. The number of carboxylic acid groups (broad SMARTS) is 1. The zero-order valence-electron chi connectivity index (χ0n) is 11.5. The molecule has 1 heterocycles. The molecule has 3 atom stereocenters. The van der Waals surface area contributed by atoms with Crippen LogP contribution in [0.5, 0.6) is 0 Å². The van der Waals surface area contributed by atoms with Crippen molar-refractivity contribution in [1.82, 2.24) is 4.90 Å². The van der Waals surface area contributed by atoms with Gasteiger partial charge in [0.05, 0.1) is 0 Å². The van der Waals surface area contributed by atoms with Gasteiger partial charge in [-0.25, -0.2) is 0 Å². The van der Waals surface area contributed by atoms with E-state index in [1.54, 1.807) is 0 Å². The molecular formula is C14H27NO2. The quantitative estimate of drug-likeness (QED) is 0.745. The first kappa shape index (κ1) is 14.5. The summed E-state index contributed by atoms with van der Waals surface area (Å²) in [6.45, 7) is 8.42. The lowest BCUT2D eigenvalue weighted by molar-refractivity contribution is -0.143. The van der Waals surface area contributed by atoms with Crippen LogP contribution in [-0.4, -0.2) is 35.1 Å². The molecule has 1 fully saturated rings. The van der Waals surface area contributed by atoms with Gasteiger partial charge in [0.15, 0.2) is 0 Å². The lowest BCUT2D eigenvalue weighted by Crippen LogP contribution is -2.41. The van der Waals surface area contributed by atoms with Gasteiger partial charge in [-0.05, 0) is 31.2 Å². The van der Waals surface area contributed by atoms with Crippen LogP contribution in [0.1, 0.15) is 52.9 Å². The molecule has 1 aliphatic heterocycles. The molecule has 0 radical (unpaired) electrons. The van der Waals surface area contributed by atoms with E-state index in [0.29, 0.717) is 11.8 Å². The van der Waals surface area contributed by atoms with Crippen molar-refractivity contribution in [3.63, 3.8) is 0 Å². The first-order valence-corrected chi connectivity index (χ1v) is 7.06. The fourth-order valence-electron chi connectivity index (χ4n) is 2.88. The van der Waals surface area contributed by atoms with Gasteiger partial charge in [-0.1, -0.05) is 40.0 Å². The summed E-state index contributed by atoms with van der Waals surface area (Å²) in [4.78, 5) is 13.5. The van der Waals surface area contributed by atoms with Gasteiger partial charge in [0.2, 0.25) is 0 Å². The fraction of sp³-hybridized carbons (Fsp3) is 0.929. The number of hydrogen-bond acceptors (Lipinski definition) is 2. The van der Waals surface area contributed by atoms with Crippen LogP contribution in [0.3, 0.4) is 0 Å². The van der Waals surface area contributed by atoms with Crippen molar-refractivity contribution in [3.8, 4) is 0 Å². The summed E-state index contributed by atoms with van der Waals surface area (Å²) in [5.74, 6) is 0.332. The van der Waals surface area contributed by atoms with Crippen LogP contribution < -0.4 is 0 Å². The maximum Gasteiger partial charge on any atom is 0.321 e. The summed E-state index contributed by atoms with van der Waals surface area (Å²) in [7, 11) is 0. The topological polar surface area (TPSA) is 40.5 Å². The van der Waals surface area contributed by atoms with E-state index in [1.165, 1.54) is 19.3 Å². The number of nitrogens with zero attached hydrogens (tertiary/aromatic N) is 1. The van der Waals surface area contributed by atoms with Crippen molar-refractivity contribution in [2.75, 3.05) is 13.1 Å².